The van der Waals surface area contributed by atoms with Crippen molar-refractivity contribution in [3.63, 3.8) is 0 Å². The van der Waals surface area contributed by atoms with Crippen molar-refractivity contribution in [1.29, 1.82) is 0 Å². The van der Waals surface area contributed by atoms with E-state index in [1.54, 1.807) is 35.1 Å². The first-order valence-corrected chi connectivity index (χ1v) is 8.51. The maximum atomic E-state index is 13.9. The molecule has 1 aromatic carbocycles. The van der Waals surface area contributed by atoms with Crippen LogP contribution in [0.4, 0.5) is 10.1 Å². The molecule has 2 N–H and O–H groups in total. The minimum Gasteiger partial charge on any atom is -0.279 e. The zero-order valence-corrected chi connectivity index (χ0v) is 13.3. The number of halogens is 1. The number of benzene rings is 1. The molecule has 0 radical (unpaired) electrons. The number of H-pyrrole nitrogens is 1. The van der Waals surface area contributed by atoms with Gasteiger partial charge in [-0.2, -0.15) is 10.3 Å². The third kappa shape index (κ3) is 2.80. The summed E-state index contributed by atoms with van der Waals surface area (Å²) in [6, 6.07) is 8.30. The van der Waals surface area contributed by atoms with Crippen LogP contribution in [0.3, 0.4) is 0 Å². The van der Waals surface area contributed by atoms with E-state index in [1.165, 1.54) is 6.07 Å². The van der Waals surface area contributed by atoms with Gasteiger partial charge < -0.3 is 0 Å². The lowest BCUT2D eigenvalue weighted by atomic mass is 10.2. The second-order valence-corrected chi connectivity index (χ2v) is 6.78. The van der Waals surface area contributed by atoms with Gasteiger partial charge >= 0.3 is 0 Å². The first kappa shape index (κ1) is 15.2. The van der Waals surface area contributed by atoms with Crippen LogP contribution in [0.2, 0.25) is 0 Å². The van der Waals surface area contributed by atoms with E-state index >= 15 is 0 Å². The lowest BCUT2D eigenvalue weighted by Gasteiger charge is -2.09. The normalized spacial score (nSPS) is 11.7. The fourth-order valence-corrected chi connectivity index (χ4v) is 3.39. The van der Waals surface area contributed by atoms with Crippen LogP contribution in [0.1, 0.15) is 0 Å². The Morgan fingerprint density at radius 2 is 2.04 bits per heavy atom. The summed E-state index contributed by atoms with van der Waals surface area (Å²) < 4.78 is 43.2. The largest absolute Gasteiger partial charge is 0.279 e. The highest BCUT2D eigenvalue weighted by Crippen LogP contribution is 2.24. The van der Waals surface area contributed by atoms with Crippen molar-refractivity contribution in [2.75, 3.05) is 4.72 Å². The van der Waals surface area contributed by atoms with Crippen molar-refractivity contribution in [1.82, 2.24) is 30.2 Å². The summed E-state index contributed by atoms with van der Waals surface area (Å²) in [7, 11) is -3.93. The first-order valence-electron chi connectivity index (χ1n) is 7.02. The number of fused-ring (bicyclic) bond motifs is 1. The summed E-state index contributed by atoms with van der Waals surface area (Å²) in [5.74, 6) is -0.684. The molecule has 0 spiro atoms. The molecule has 0 aliphatic carbocycles. The van der Waals surface area contributed by atoms with Crippen molar-refractivity contribution in [3.8, 4) is 11.4 Å². The molecule has 3 aromatic heterocycles. The number of tetrazole rings is 1. The molecule has 126 valence electrons. The summed E-state index contributed by atoms with van der Waals surface area (Å²) in [5, 5.41) is 16.9. The van der Waals surface area contributed by atoms with Crippen molar-refractivity contribution in [3.05, 3.63) is 54.6 Å². The first-order chi connectivity index (χ1) is 12.0. The van der Waals surface area contributed by atoms with Gasteiger partial charge in [-0.15, -0.1) is 10.2 Å². The van der Waals surface area contributed by atoms with Crippen LogP contribution in [-0.2, 0) is 10.0 Å². The lowest BCUT2D eigenvalue weighted by molar-refractivity contribution is 0.600. The predicted octanol–water partition coefficient (Wildman–Crippen LogP) is 1.45. The Kier molecular flexibility index (Phi) is 3.42. The van der Waals surface area contributed by atoms with Gasteiger partial charge in [0.05, 0.1) is 21.7 Å². The maximum absolute atomic E-state index is 13.9. The monoisotopic (exact) mass is 359 g/mol. The van der Waals surface area contributed by atoms with E-state index in [2.05, 4.69) is 30.4 Å². The minimum atomic E-state index is -3.93. The predicted molar refractivity (Wildman–Crippen MR) is 85.6 cm³/mol. The summed E-state index contributed by atoms with van der Waals surface area (Å²) in [6.45, 7) is 0. The summed E-state index contributed by atoms with van der Waals surface area (Å²) >= 11 is 0. The molecule has 0 unspecified atom stereocenters. The van der Waals surface area contributed by atoms with Gasteiger partial charge in [0.25, 0.3) is 10.0 Å². The van der Waals surface area contributed by atoms with E-state index in [-0.39, 0.29) is 16.3 Å². The lowest BCUT2D eigenvalue weighted by Crippen LogP contribution is -2.13. The van der Waals surface area contributed by atoms with E-state index in [4.69, 9.17) is 0 Å². The van der Waals surface area contributed by atoms with Gasteiger partial charge in [-0.05, 0) is 41.6 Å². The Morgan fingerprint density at radius 3 is 2.84 bits per heavy atom. The number of anilines is 1. The Hall–Kier alpha value is -3.34. The number of nitrogens with one attached hydrogen (secondary N) is 2. The van der Waals surface area contributed by atoms with Crippen molar-refractivity contribution < 1.29 is 12.8 Å². The molecule has 0 saturated carbocycles. The molecule has 4 aromatic rings. The average molecular weight is 359 g/mol. The van der Waals surface area contributed by atoms with Crippen LogP contribution in [0.5, 0.6) is 0 Å². The highest BCUT2D eigenvalue weighted by atomic mass is 32.2. The molecule has 25 heavy (non-hydrogen) atoms. The number of pyridine rings is 1. The van der Waals surface area contributed by atoms with E-state index in [0.29, 0.717) is 5.69 Å². The van der Waals surface area contributed by atoms with E-state index < -0.39 is 15.8 Å². The number of nitrogens with zero attached hydrogens (tertiary/aromatic N) is 5. The summed E-state index contributed by atoms with van der Waals surface area (Å²) in [6.07, 6.45) is 3.23. The summed E-state index contributed by atoms with van der Waals surface area (Å²) in [4.78, 5) is -0.123. The Morgan fingerprint density at radius 1 is 1.16 bits per heavy atom. The van der Waals surface area contributed by atoms with Crippen molar-refractivity contribution in [2.24, 2.45) is 0 Å². The molecule has 0 amide bonds. The quantitative estimate of drug-likeness (QED) is 0.569. The van der Waals surface area contributed by atoms with Crippen LogP contribution in [0, 0.1) is 5.82 Å². The number of sulfonamides is 1. The minimum absolute atomic E-state index is 0.0322. The average Bonchev–Trinajstić information content (AvgIpc) is 3.25. The molecular formula is C14H10FN7O2S. The number of hydrogen-bond acceptors (Lipinski definition) is 6. The fraction of sp³-hybridized carbons (Fsp3) is 0. The molecule has 9 nitrogen and oxygen atoms in total. The molecular weight excluding hydrogens is 349 g/mol. The highest BCUT2D eigenvalue weighted by molar-refractivity contribution is 7.92. The van der Waals surface area contributed by atoms with Crippen LogP contribution in [0.25, 0.3) is 16.9 Å². The van der Waals surface area contributed by atoms with E-state index in [9.17, 15) is 12.8 Å². The summed E-state index contributed by atoms with van der Waals surface area (Å²) in [5.41, 5.74) is 1.02. The standard InChI is InChI=1S/C14H10FN7O2S/c15-13-2-1-11(8-12(13)14-17-20-21-18-14)25(23,24)19-9-4-6-22-10(7-9)3-5-16-22/h1-8,19H,(H,17,18,20,21). The second kappa shape index (κ2) is 5.63. The zero-order chi connectivity index (χ0) is 17.4. The molecule has 3 heterocycles. The van der Waals surface area contributed by atoms with Crippen molar-refractivity contribution >= 4 is 21.2 Å². The third-order valence-corrected chi connectivity index (χ3v) is 4.87. The van der Waals surface area contributed by atoms with Crippen LogP contribution < -0.4 is 4.72 Å². The number of rotatable bonds is 4. The molecule has 0 fully saturated rings. The van der Waals surface area contributed by atoms with Crippen molar-refractivity contribution in [2.45, 2.75) is 4.90 Å². The third-order valence-electron chi connectivity index (χ3n) is 3.49. The number of aromatic amines is 1. The second-order valence-electron chi connectivity index (χ2n) is 5.10. The van der Waals surface area contributed by atoms with Gasteiger partial charge in [-0.1, -0.05) is 0 Å². The van der Waals surface area contributed by atoms with Gasteiger partial charge in [0.15, 0.2) is 0 Å². The Bertz CT molecular complexity index is 1160. The van der Waals surface area contributed by atoms with Gasteiger partial charge in [-0.25, -0.2) is 17.3 Å². The zero-order valence-electron chi connectivity index (χ0n) is 12.5. The smallest absolute Gasteiger partial charge is 0.261 e. The van der Waals surface area contributed by atoms with Crippen LogP contribution >= 0.6 is 0 Å². The van der Waals surface area contributed by atoms with Gasteiger partial charge in [0.2, 0.25) is 5.82 Å². The van der Waals surface area contributed by atoms with Gasteiger partial charge in [-0.3, -0.25) is 4.72 Å². The highest BCUT2D eigenvalue weighted by Gasteiger charge is 2.19. The molecule has 0 atom stereocenters. The molecule has 0 saturated heterocycles. The molecule has 0 bridgehead atoms. The van der Waals surface area contributed by atoms with Crippen LogP contribution in [0.15, 0.2) is 53.7 Å². The fourth-order valence-electron chi connectivity index (χ4n) is 2.32. The maximum Gasteiger partial charge on any atom is 0.261 e. The molecule has 11 heteroatoms. The molecule has 4 rings (SSSR count). The van der Waals surface area contributed by atoms with Crippen LogP contribution in [-0.4, -0.2) is 38.7 Å². The SMILES string of the molecule is O=S(=O)(Nc1ccn2nccc2c1)c1ccc(F)c(-c2nn[nH]n2)c1. The molecule has 0 aliphatic heterocycles. The Balaban J connectivity index is 1.71. The topological polar surface area (TPSA) is 118 Å². The molecule has 0 aliphatic rings. The number of hydrogen-bond donors (Lipinski definition) is 2. The van der Waals surface area contributed by atoms with Gasteiger partial charge in [0.1, 0.15) is 5.82 Å². The van der Waals surface area contributed by atoms with E-state index in [1.807, 2.05) is 0 Å². The van der Waals surface area contributed by atoms with Gasteiger partial charge in [0, 0.05) is 12.4 Å². The number of aromatic nitrogens is 6. The Labute approximate surface area is 140 Å². The van der Waals surface area contributed by atoms with E-state index in [0.717, 1.165) is 17.6 Å².